The van der Waals surface area contributed by atoms with Crippen molar-refractivity contribution in [3.8, 4) is 0 Å². The number of carboxylic acid groups (broad SMARTS) is 1. The molecule has 1 fully saturated rings. The Hall–Kier alpha value is -1.62. The second-order valence-electron chi connectivity index (χ2n) is 4.87. The summed E-state index contributed by atoms with van der Waals surface area (Å²) in [6, 6.07) is 2.44. The number of carbonyl (C=O) groups is 2. The predicted molar refractivity (Wildman–Crippen MR) is 74.9 cm³/mol. The minimum atomic E-state index is -0.950. The van der Waals surface area contributed by atoms with E-state index in [1.807, 2.05) is 6.92 Å². The van der Waals surface area contributed by atoms with Crippen LogP contribution in [0.3, 0.4) is 0 Å². The van der Waals surface area contributed by atoms with E-state index < -0.39 is 12.0 Å². The highest BCUT2D eigenvalue weighted by molar-refractivity contribution is 6.29. The highest BCUT2D eigenvalue weighted by Gasteiger charge is 2.32. The number of carbonyl (C=O) groups excluding carboxylic acids is 1. The van der Waals surface area contributed by atoms with Gasteiger partial charge in [0.2, 0.25) is 0 Å². The van der Waals surface area contributed by atoms with Gasteiger partial charge in [-0.15, -0.1) is 0 Å². The Kier molecular flexibility index (Phi) is 4.60. The highest BCUT2D eigenvalue weighted by atomic mass is 35.5. The standard InChI is InChI=1S/C14H17ClN2O3/c1-2-10-7-9(8-12(15)16-10)13(18)17-6-4-3-5-11(17)14(19)20/h7-8,11H,2-6H2,1H3,(H,19,20). The molecule has 1 aliphatic rings. The van der Waals surface area contributed by atoms with Crippen molar-refractivity contribution in [3.05, 3.63) is 28.5 Å². The zero-order chi connectivity index (χ0) is 14.7. The molecule has 2 rings (SSSR count). The van der Waals surface area contributed by atoms with Crippen LogP contribution in [0.5, 0.6) is 0 Å². The van der Waals surface area contributed by atoms with E-state index in [-0.39, 0.29) is 11.1 Å². The van der Waals surface area contributed by atoms with Gasteiger partial charge in [0.1, 0.15) is 11.2 Å². The smallest absolute Gasteiger partial charge is 0.326 e. The lowest BCUT2D eigenvalue weighted by molar-refractivity contribution is -0.143. The molecule has 1 aromatic heterocycles. The maximum atomic E-state index is 12.5. The number of aromatic nitrogens is 1. The quantitative estimate of drug-likeness (QED) is 0.869. The lowest BCUT2D eigenvalue weighted by atomic mass is 10.0. The van der Waals surface area contributed by atoms with E-state index in [0.717, 1.165) is 18.5 Å². The van der Waals surface area contributed by atoms with Crippen LogP contribution in [-0.4, -0.2) is 39.5 Å². The highest BCUT2D eigenvalue weighted by Crippen LogP contribution is 2.21. The van der Waals surface area contributed by atoms with Crippen molar-refractivity contribution in [1.29, 1.82) is 0 Å². The Morgan fingerprint density at radius 3 is 2.85 bits per heavy atom. The molecule has 1 amide bonds. The maximum Gasteiger partial charge on any atom is 0.326 e. The first-order valence-electron chi connectivity index (χ1n) is 6.73. The van der Waals surface area contributed by atoms with E-state index in [9.17, 15) is 14.7 Å². The third-order valence-corrected chi connectivity index (χ3v) is 3.70. The van der Waals surface area contributed by atoms with Crippen LogP contribution in [-0.2, 0) is 11.2 Å². The lowest BCUT2D eigenvalue weighted by Gasteiger charge is -2.33. The fourth-order valence-corrected chi connectivity index (χ4v) is 2.68. The molecule has 0 aromatic carbocycles. The number of rotatable bonds is 3. The summed E-state index contributed by atoms with van der Waals surface area (Å²) in [5.74, 6) is -1.23. The minimum Gasteiger partial charge on any atom is -0.480 e. The van der Waals surface area contributed by atoms with Gasteiger partial charge in [0, 0.05) is 17.8 Å². The number of hydrogen-bond acceptors (Lipinski definition) is 3. The molecule has 0 aliphatic carbocycles. The van der Waals surface area contributed by atoms with Gasteiger partial charge in [0.15, 0.2) is 0 Å². The van der Waals surface area contributed by atoms with Crippen LogP contribution in [0.4, 0.5) is 0 Å². The fourth-order valence-electron chi connectivity index (χ4n) is 2.45. The molecule has 1 aromatic rings. The number of aliphatic carboxylic acids is 1. The molecule has 1 N–H and O–H groups in total. The van der Waals surface area contributed by atoms with Gasteiger partial charge >= 0.3 is 5.97 Å². The van der Waals surface area contributed by atoms with Crippen molar-refractivity contribution in [2.75, 3.05) is 6.54 Å². The lowest BCUT2D eigenvalue weighted by Crippen LogP contribution is -2.48. The Labute approximate surface area is 122 Å². The molecule has 1 atom stereocenters. The van der Waals surface area contributed by atoms with E-state index in [1.165, 1.54) is 11.0 Å². The average molecular weight is 297 g/mol. The molecule has 0 spiro atoms. The van der Waals surface area contributed by atoms with Gasteiger partial charge in [-0.1, -0.05) is 18.5 Å². The SMILES string of the molecule is CCc1cc(C(=O)N2CCCCC2C(=O)O)cc(Cl)n1. The molecule has 1 aliphatic heterocycles. The van der Waals surface area contributed by atoms with E-state index in [2.05, 4.69) is 4.98 Å². The molecule has 2 heterocycles. The summed E-state index contributed by atoms with van der Waals surface area (Å²) in [6.07, 6.45) is 2.83. The third-order valence-electron chi connectivity index (χ3n) is 3.51. The summed E-state index contributed by atoms with van der Waals surface area (Å²) < 4.78 is 0. The molecule has 0 bridgehead atoms. The number of amides is 1. The van der Waals surface area contributed by atoms with Crippen molar-refractivity contribution in [2.45, 2.75) is 38.6 Å². The summed E-state index contributed by atoms with van der Waals surface area (Å²) in [4.78, 5) is 29.3. The van der Waals surface area contributed by atoms with Gasteiger partial charge in [0.25, 0.3) is 5.91 Å². The molecular formula is C14H17ClN2O3. The molecular weight excluding hydrogens is 280 g/mol. The molecule has 1 unspecified atom stereocenters. The zero-order valence-corrected chi connectivity index (χ0v) is 12.1. The van der Waals surface area contributed by atoms with Crippen LogP contribution in [0.25, 0.3) is 0 Å². The van der Waals surface area contributed by atoms with Crippen molar-refractivity contribution >= 4 is 23.5 Å². The molecule has 5 nitrogen and oxygen atoms in total. The Morgan fingerprint density at radius 1 is 1.45 bits per heavy atom. The summed E-state index contributed by atoms with van der Waals surface area (Å²) in [5.41, 5.74) is 1.14. The van der Waals surface area contributed by atoms with Crippen LogP contribution < -0.4 is 0 Å². The van der Waals surface area contributed by atoms with E-state index in [0.29, 0.717) is 24.9 Å². The van der Waals surface area contributed by atoms with Gasteiger partial charge in [0.05, 0.1) is 0 Å². The normalized spacial score (nSPS) is 18.9. The summed E-state index contributed by atoms with van der Waals surface area (Å²) in [7, 11) is 0. The van der Waals surface area contributed by atoms with Crippen molar-refractivity contribution < 1.29 is 14.7 Å². The fraction of sp³-hybridized carbons (Fsp3) is 0.500. The number of nitrogens with zero attached hydrogens (tertiary/aromatic N) is 2. The van der Waals surface area contributed by atoms with Crippen LogP contribution in [0.15, 0.2) is 12.1 Å². The van der Waals surface area contributed by atoms with Crippen LogP contribution >= 0.6 is 11.6 Å². The van der Waals surface area contributed by atoms with Crippen LogP contribution in [0.2, 0.25) is 5.15 Å². The molecule has 0 saturated carbocycles. The first kappa shape index (κ1) is 14.8. The number of likely N-dealkylation sites (tertiary alicyclic amines) is 1. The minimum absolute atomic E-state index is 0.261. The molecule has 6 heteroatoms. The van der Waals surface area contributed by atoms with Gasteiger partial charge < -0.3 is 10.0 Å². The number of pyridine rings is 1. The number of hydrogen-bond donors (Lipinski definition) is 1. The van der Waals surface area contributed by atoms with E-state index in [4.69, 9.17) is 11.6 Å². The number of piperidine rings is 1. The molecule has 108 valence electrons. The molecule has 20 heavy (non-hydrogen) atoms. The topological polar surface area (TPSA) is 70.5 Å². The zero-order valence-electron chi connectivity index (χ0n) is 11.3. The van der Waals surface area contributed by atoms with Gasteiger partial charge in [-0.25, -0.2) is 9.78 Å². The first-order chi connectivity index (χ1) is 9.52. The Bertz CT molecular complexity index is 533. The number of carboxylic acids is 1. The Balaban J connectivity index is 2.29. The van der Waals surface area contributed by atoms with Gasteiger partial charge in [-0.3, -0.25) is 4.79 Å². The average Bonchev–Trinajstić information content (AvgIpc) is 2.45. The number of aryl methyl sites for hydroxylation is 1. The second-order valence-corrected chi connectivity index (χ2v) is 5.26. The van der Waals surface area contributed by atoms with Crippen molar-refractivity contribution in [1.82, 2.24) is 9.88 Å². The van der Waals surface area contributed by atoms with Gasteiger partial charge in [-0.2, -0.15) is 0 Å². The molecule has 1 saturated heterocycles. The molecule has 0 radical (unpaired) electrons. The third kappa shape index (κ3) is 3.10. The van der Waals surface area contributed by atoms with Crippen molar-refractivity contribution in [2.24, 2.45) is 0 Å². The summed E-state index contributed by atoms with van der Waals surface area (Å²) in [5, 5.41) is 9.49. The van der Waals surface area contributed by atoms with Crippen molar-refractivity contribution in [3.63, 3.8) is 0 Å². The maximum absolute atomic E-state index is 12.5. The second kappa shape index (κ2) is 6.22. The monoisotopic (exact) mass is 296 g/mol. The number of halogens is 1. The van der Waals surface area contributed by atoms with Crippen LogP contribution in [0, 0.1) is 0 Å². The van der Waals surface area contributed by atoms with E-state index >= 15 is 0 Å². The summed E-state index contributed by atoms with van der Waals surface area (Å²) in [6.45, 7) is 2.39. The van der Waals surface area contributed by atoms with Gasteiger partial charge in [-0.05, 0) is 37.8 Å². The largest absolute Gasteiger partial charge is 0.480 e. The van der Waals surface area contributed by atoms with Crippen LogP contribution in [0.1, 0.15) is 42.2 Å². The first-order valence-corrected chi connectivity index (χ1v) is 7.11. The van der Waals surface area contributed by atoms with E-state index in [1.54, 1.807) is 6.07 Å². The predicted octanol–water partition coefficient (Wildman–Crippen LogP) is 2.38. The Morgan fingerprint density at radius 2 is 2.20 bits per heavy atom. The summed E-state index contributed by atoms with van der Waals surface area (Å²) >= 11 is 5.91.